The molecular weight excluding hydrogens is 606 g/mol. The van der Waals surface area contributed by atoms with Crippen LogP contribution in [0.15, 0.2) is 36.5 Å². The van der Waals surface area contributed by atoms with Gasteiger partial charge in [0.2, 0.25) is 0 Å². The van der Waals surface area contributed by atoms with Crippen LogP contribution in [-0.4, -0.2) is 50.7 Å². The summed E-state index contributed by atoms with van der Waals surface area (Å²) in [6, 6.07) is 0. The summed E-state index contributed by atoms with van der Waals surface area (Å²) in [4.78, 5) is 27.8. The molecule has 0 heterocycles. The molecule has 0 aliphatic carbocycles. The molecule has 5 nitrogen and oxygen atoms in total. The van der Waals surface area contributed by atoms with Gasteiger partial charge in [0.1, 0.15) is 0 Å². The lowest BCUT2D eigenvalue weighted by molar-refractivity contribution is -0.162. The van der Waals surface area contributed by atoms with E-state index in [1.54, 1.807) is 0 Å². The van der Waals surface area contributed by atoms with Gasteiger partial charge in [0.25, 0.3) is 0 Å². The van der Waals surface area contributed by atoms with Gasteiger partial charge in [-0.1, -0.05) is 147 Å². The lowest BCUT2D eigenvalue weighted by Crippen LogP contribution is -2.29. The second kappa shape index (κ2) is 38.9. The predicted molar refractivity (Wildman–Crippen MR) is 212 cm³/mol. The number of rotatable bonds is 37. The zero-order valence-corrected chi connectivity index (χ0v) is 33.0. The molecular formula is C44H81NO4. The van der Waals surface area contributed by atoms with E-state index >= 15 is 0 Å². The van der Waals surface area contributed by atoms with Crippen molar-refractivity contribution in [3.63, 3.8) is 0 Å². The van der Waals surface area contributed by atoms with Gasteiger partial charge in [-0.15, -0.1) is 0 Å². The van der Waals surface area contributed by atoms with Crippen molar-refractivity contribution in [3.8, 4) is 0 Å². The highest BCUT2D eigenvalue weighted by molar-refractivity contribution is 5.94. The Bertz CT molecular complexity index is 803. The molecule has 0 radical (unpaired) electrons. The van der Waals surface area contributed by atoms with E-state index in [1.165, 1.54) is 122 Å². The number of hydrogen-bond acceptors (Lipinski definition) is 5. The first-order valence-electron chi connectivity index (χ1n) is 21.0. The first kappa shape index (κ1) is 47.1. The van der Waals surface area contributed by atoms with Crippen molar-refractivity contribution < 1.29 is 19.1 Å². The van der Waals surface area contributed by atoms with Crippen molar-refractivity contribution in [3.05, 3.63) is 36.5 Å². The predicted octanol–water partition coefficient (Wildman–Crippen LogP) is 12.9. The van der Waals surface area contributed by atoms with Crippen LogP contribution in [0.1, 0.15) is 194 Å². The van der Waals surface area contributed by atoms with Crippen molar-refractivity contribution >= 4 is 11.9 Å². The zero-order chi connectivity index (χ0) is 35.9. The quantitative estimate of drug-likeness (QED) is 0.0282. The summed E-state index contributed by atoms with van der Waals surface area (Å²) in [5.41, 5.74) is 0. The fourth-order valence-corrected chi connectivity index (χ4v) is 5.93. The smallest absolute Gasteiger partial charge is 0.320 e. The summed E-state index contributed by atoms with van der Waals surface area (Å²) in [6.07, 6.45) is 46.7. The highest BCUT2D eigenvalue weighted by atomic mass is 16.6. The average molecular weight is 688 g/mol. The molecule has 1 atom stereocenters. The van der Waals surface area contributed by atoms with Crippen LogP contribution in [0.25, 0.3) is 0 Å². The maximum atomic E-state index is 12.9. The molecule has 0 bridgehead atoms. The number of hydrogen-bond donors (Lipinski definition) is 0. The van der Waals surface area contributed by atoms with Crippen LogP contribution in [0.3, 0.4) is 0 Å². The molecule has 0 aliphatic heterocycles. The Labute approximate surface area is 305 Å². The summed E-state index contributed by atoms with van der Waals surface area (Å²) in [6.45, 7) is 6.12. The molecule has 0 aliphatic rings. The molecule has 0 rings (SSSR count). The minimum Gasteiger partial charge on any atom is -0.465 e. The number of unbranched alkanes of at least 4 members (excludes halogenated alkanes) is 21. The van der Waals surface area contributed by atoms with Gasteiger partial charge in [-0.2, -0.15) is 0 Å². The van der Waals surface area contributed by atoms with Crippen LogP contribution in [0.5, 0.6) is 0 Å². The zero-order valence-electron chi connectivity index (χ0n) is 33.0. The number of allylic oxidation sites excluding steroid dienone is 6. The number of carbonyl (C=O) groups is 2. The number of carbonyl (C=O) groups excluding carboxylic acids is 2. The van der Waals surface area contributed by atoms with E-state index < -0.39 is 17.9 Å². The fraction of sp³-hybridized carbons (Fsp3) is 0.818. The van der Waals surface area contributed by atoms with Crippen molar-refractivity contribution in [1.29, 1.82) is 0 Å². The second-order valence-electron chi connectivity index (χ2n) is 14.4. The summed E-state index contributed by atoms with van der Waals surface area (Å²) >= 11 is 0. The molecule has 0 amide bonds. The van der Waals surface area contributed by atoms with Gasteiger partial charge in [0.15, 0.2) is 5.92 Å². The second-order valence-corrected chi connectivity index (χ2v) is 14.4. The largest absolute Gasteiger partial charge is 0.465 e. The molecule has 0 N–H and O–H groups in total. The van der Waals surface area contributed by atoms with Gasteiger partial charge in [-0.3, -0.25) is 9.59 Å². The standard InChI is InChI=1S/C44H81NO4/c1-5-7-9-11-13-15-17-19-21-23-25-27-29-31-33-35-40-48-43(46)42(38-37-39-45(3)4)44(47)49-41-36-34-32-30-28-26-24-22-20-18-16-14-12-10-8-6-2/h13-16,19,21,42H,5-12,17-18,20,22-41H2,1-4H3/b15-13-,16-14-,21-19-. The number of ether oxygens (including phenoxy) is 2. The van der Waals surface area contributed by atoms with Gasteiger partial charge in [0.05, 0.1) is 13.2 Å². The van der Waals surface area contributed by atoms with Crippen molar-refractivity contribution in [2.45, 2.75) is 194 Å². The fourth-order valence-electron chi connectivity index (χ4n) is 5.93. The maximum Gasteiger partial charge on any atom is 0.320 e. The lowest BCUT2D eigenvalue weighted by Gasteiger charge is -2.17. The Morgan fingerprint density at radius 3 is 1.20 bits per heavy atom. The van der Waals surface area contributed by atoms with Gasteiger partial charge in [0, 0.05) is 0 Å². The van der Waals surface area contributed by atoms with Crippen LogP contribution >= 0.6 is 0 Å². The van der Waals surface area contributed by atoms with E-state index in [0.717, 1.165) is 57.9 Å². The molecule has 0 spiro atoms. The summed E-state index contributed by atoms with van der Waals surface area (Å²) in [7, 11) is 4.01. The van der Waals surface area contributed by atoms with E-state index in [4.69, 9.17) is 9.47 Å². The summed E-state index contributed by atoms with van der Waals surface area (Å²) in [5.74, 6) is -1.62. The SMILES string of the molecule is CCCCC/C=C\C/C=C\CCCCCCCCOC(=O)C(CCCN(C)C)C(=O)OCCCCCCCCCCC/C=C\CCCCC. The van der Waals surface area contributed by atoms with Gasteiger partial charge in [-0.25, -0.2) is 0 Å². The van der Waals surface area contributed by atoms with Crippen LogP contribution in [0, 0.1) is 5.92 Å². The van der Waals surface area contributed by atoms with Crippen LogP contribution in [0.2, 0.25) is 0 Å². The minimum atomic E-state index is -0.805. The maximum absolute atomic E-state index is 12.9. The molecule has 49 heavy (non-hydrogen) atoms. The Kier molecular flexibility index (Phi) is 37.4. The molecule has 0 fully saturated rings. The van der Waals surface area contributed by atoms with E-state index in [-0.39, 0.29) is 0 Å². The first-order chi connectivity index (χ1) is 24.0. The highest BCUT2D eigenvalue weighted by Gasteiger charge is 2.29. The monoisotopic (exact) mass is 688 g/mol. The first-order valence-corrected chi connectivity index (χ1v) is 21.0. The Balaban J connectivity index is 3.95. The Hall–Kier alpha value is -1.88. The third-order valence-corrected chi connectivity index (χ3v) is 9.16. The highest BCUT2D eigenvalue weighted by Crippen LogP contribution is 2.15. The van der Waals surface area contributed by atoms with Gasteiger partial charge >= 0.3 is 11.9 Å². The molecule has 0 aromatic carbocycles. The van der Waals surface area contributed by atoms with Crippen molar-refractivity contribution in [1.82, 2.24) is 4.90 Å². The van der Waals surface area contributed by atoms with Crippen molar-refractivity contribution in [2.24, 2.45) is 5.92 Å². The van der Waals surface area contributed by atoms with Crippen LogP contribution < -0.4 is 0 Å². The van der Waals surface area contributed by atoms with E-state index in [0.29, 0.717) is 19.6 Å². The molecule has 286 valence electrons. The van der Waals surface area contributed by atoms with E-state index in [9.17, 15) is 9.59 Å². The Morgan fingerprint density at radius 2 is 0.816 bits per heavy atom. The van der Waals surface area contributed by atoms with Crippen molar-refractivity contribution in [2.75, 3.05) is 33.9 Å². The van der Waals surface area contributed by atoms with E-state index in [2.05, 4.69) is 55.2 Å². The average Bonchev–Trinajstić information content (AvgIpc) is 3.09. The summed E-state index contributed by atoms with van der Waals surface area (Å²) < 4.78 is 11.1. The minimum absolute atomic E-state index is 0.390. The van der Waals surface area contributed by atoms with E-state index in [1.807, 2.05) is 14.1 Å². The Morgan fingerprint density at radius 1 is 0.469 bits per heavy atom. The normalized spacial score (nSPS) is 12.6. The third kappa shape index (κ3) is 35.7. The molecule has 0 saturated carbocycles. The van der Waals surface area contributed by atoms with Gasteiger partial charge in [-0.05, 0) is 104 Å². The lowest BCUT2D eigenvalue weighted by atomic mass is 10.0. The molecule has 0 aromatic heterocycles. The van der Waals surface area contributed by atoms with Gasteiger partial charge < -0.3 is 14.4 Å². The van der Waals surface area contributed by atoms with Crippen LogP contribution in [0.4, 0.5) is 0 Å². The third-order valence-electron chi connectivity index (χ3n) is 9.16. The number of nitrogens with zero attached hydrogens (tertiary/aromatic N) is 1. The molecule has 0 aromatic rings. The van der Waals surface area contributed by atoms with Crippen LogP contribution in [-0.2, 0) is 19.1 Å². The number of esters is 2. The molecule has 0 saturated heterocycles. The molecule has 5 heteroatoms. The molecule has 1 unspecified atom stereocenters. The topological polar surface area (TPSA) is 55.8 Å². The summed E-state index contributed by atoms with van der Waals surface area (Å²) in [5, 5.41) is 0.